The van der Waals surface area contributed by atoms with Gasteiger partial charge in [0.25, 0.3) is 0 Å². The maximum atomic E-state index is 14.1. The van der Waals surface area contributed by atoms with Crippen molar-refractivity contribution in [1.29, 1.82) is 0 Å². The molecule has 6 nitrogen and oxygen atoms in total. The van der Waals surface area contributed by atoms with Gasteiger partial charge < -0.3 is 15.3 Å². The topological polar surface area (TPSA) is 112 Å². The molecule has 6 heteroatoms. The number of fused-ring (bicyclic) bond motifs is 4. The Morgan fingerprint density at radius 3 is 2.25 bits per heavy atom. The number of rotatable bonds is 6. The molecule has 0 amide bonds. The predicted molar refractivity (Wildman–Crippen MR) is 137 cm³/mol. The number of Topliss-reactive ketones (excluding diaryl/α,β-unsaturated/α-hetero) is 2. The molecular weight excluding hydrogens is 456 g/mol. The normalized spacial score (nSPS) is 43.3. The fraction of sp³-hybridized carbons (Fsp3) is 0.833. The summed E-state index contributed by atoms with van der Waals surface area (Å²) in [4.78, 5) is 38.0. The summed E-state index contributed by atoms with van der Waals surface area (Å²) in [5.74, 6) is -1.40. The summed E-state index contributed by atoms with van der Waals surface area (Å²) in [7, 11) is 0. The number of allylic oxidation sites excluding steroid dienone is 1. The lowest BCUT2D eigenvalue weighted by Crippen LogP contribution is -2.58. The van der Waals surface area contributed by atoms with Crippen molar-refractivity contribution in [2.75, 3.05) is 0 Å². The lowest BCUT2D eigenvalue weighted by molar-refractivity contribution is -0.143. The zero-order valence-electron chi connectivity index (χ0n) is 23.2. The van der Waals surface area contributed by atoms with Crippen LogP contribution in [0.1, 0.15) is 99.8 Å². The van der Waals surface area contributed by atoms with E-state index in [1.165, 1.54) is 0 Å². The second-order valence-electron chi connectivity index (χ2n) is 14.0. The molecule has 36 heavy (non-hydrogen) atoms. The molecule has 0 saturated heterocycles. The molecule has 2 unspecified atom stereocenters. The van der Waals surface area contributed by atoms with Crippen molar-refractivity contribution in [1.82, 2.24) is 0 Å². The summed E-state index contributed by atoms with van der Waals surface area (Å²) in [5, 5.41) is 31.6. The number of carbonyl (C=O) groups is 3. The summed E-state index contributed by atoms with van der Waals surface area (Å²) in [6.45, 7) is 14.3. The van der Waals surface area contributed by atoms with Gasteiger partial charge in [-0.25, -0.2) is 0 Å². The SMILES string of the molecule is CC(CC(=O)CC(C)[C@H]1C[C@H](O)[C@@]2(C)C3=C(C(=O)C[C@]12C)[C@@]1(C)CC[C@H](O)C(C)(C)[C@@H]1CC3)C(=O)O. The number of carboxylic acids is 1. The van der Waals surface area contributed by atoms with Gasteiger partial charge in [-0.1, -0.05) is 54.0 Å². The minimum Gasteiger partial charge on any atom is -0.481 e. The van der Waals surface area contributed by atoms with Crippen molar-refractivity contribution in [3.05, 3.63) is 11.1 Å². The highest BCUT2D eigenvalue weighted by molar-refractivity contribution is 6.00. The van der Waals surface area contributed by atoms with E-state index in [0.29, 0.717) is 19.3 Å². The minimum absolute atomic E-state index is 0.00488. The lowest BCUT2D eigenvalue weighted by atomic mass is 9.43. The maximum Gasteiger partial charge on any atom is 0.306 e. The highest BCUT2D eigenvalue weighted by Gasteiger charge is 2.68. The molecule has 3 N–H and O–H groups in total. The zero-order chi connectivity index (χ0) is 27.0. The fourth-order valence-corrected chi connectivity index (χ4v) is 9.45. The molecule has 0 radical (unpaired) electrons. The third kappa shape index (κ3) is 3.68. The molecule has 202 valence electrons. The molecule has 0 aromatic heterocycles. The highest BCUT2D eigenvalue weighted by Crippen LogP contribution is 2.71. The van der Waals surface area contributed by atoms with Gasteiger partial charge in [0, 0.05) is 30.3 Å². The summed E-state index contributed by atoms with van der Waals surface area (Å²) in [6, 6.07) is 0. The van der Waals surface area contributed by atoms with Gasteiger partial charge in [0.1, 0.15) is 5.78 Å². The van der Waals surface area contributed by atoms with E-state index in [1.54, 1.807) is 6.92 Å². The first-order valence-corrected chi connectivity index (χ1v) is 13.9. The number of carbonyl (C=O) groups excluding carboxylic acids is 2. The van der Waals surface area contributed by atoms with E-state index in [9.17, 15) is 29.7 Å². The quantitative estimate of drug-likeness (QED) is 0.474. The van der Waals surface area contributed by atoms with Crippen LogP contribution in [-0.2, 0) is 14.4 Å². The molecule has 0 aromatic carbocycles. The number of aliphatic hydroxyl groups excluding tert-OH is 2. The second kappa shape index (κ2) is 8.76. The average Bonchev–Trinajstić information content (AvgIpc) is 2.97. The van der Waals surface area contributed by atoms with Gasteiger partial charge in [0.2, 0.25) is 0 Å². The van der Waals surface area contributed by atoms with Gasteiger partial charge in [-0.3, -0.25) is 14.4 Å². The van der Waals surface area contributed by atoms with Crippen LogP contribution in [0.5, 0.6) is 0 Å². The minimum atomic E-state index is -0.966. The van der Waals surface area contributed by atoms with Crippen LogP contribution in [0, 0.1) is 45.3 Å². The van der Waals surface area contributed by atoms with Gasteiger partial charge >= 0.3 is 5.97 Å². The van der Waals surface area contributed by atoms with E-state index in [0.717, 1.165) is 30.4 Å². The number of hydrogen-bond donors (Lipinski definition) is 3. The van der Waals surface area contributed by atoms with E-state index >= 15 is 0 Å². The molecule has 0 aliphatic heterocycles. The first kappa shape index (κ1) is 27.5. The summed E-state index contributed by atoms with van der Waals surface area (Å²) in [6.07, 6.45) is 3.34. The summed E-state index contributed by atoms with van der Waals surface area (Å²) < 4.78 is 0. The van der Waals surface area contributed by atoms with E-state index in [4.69, 9.17) is 0 Å². The Balaban J connectivity index is 1.69. The van der Waals surface area contributed by atoms with Crippen LogP contribution in [0.4, 0.5) is 0 Å². The Hall–Kier alpha value is -1.53. The van der Waals surface area contributed by atoms with Crippen LogP contribution in [0.25, 0.3) is 0 Å². The average molecular weight is 503 g/mol. The number of aliphatic carboxylic acids is 1. The van der Waals surface area contributed by atoms with Crippen LogP contribution < -0.4 is 0 Å². The first-order chi connectivity index (χ1) is 16.5. The van der Waals surface area contributed by atoms with Crippen molar-refractivity contribution >= 4 is 17.5 Å². The van der Waals surface area contributed by atoms with Gasteiger partial charge in [0.05, 0.1) is 18.1 Å². The Kier molecular flexibility index (Phi) is 6.69. The standard InChI is InChI=1S/C30H46O6/c1-16(12-18(31)13-17(2)26(35)36)20-14-24(34)30(7)19-8-9-22-27(3,4)23(33)10-11-28(22,5)25(19)21(32)15-29(20,30)6/h16-17,20,22-24,33-34H,8-15H2,1-7H3,(H,35,36)/t16?,17?,20-,22+,23+,24+,28+,29-,30-/m1/s1. The van der Waals surface area contributed by atoms with E-state index in [1.807, 2.05) is 6.92 Å². The van der Waals surface area contributed by atoms with Crippen molar-refractivity contribution < 1.29 is 29.7 Å². The molecular formula is C30H46O6. The molecule has 0 spiro atoms. The lowest BCUT2D eigenvalue weighted by Gasteiger charge is -2.61. The van der Waals surface area contributed by atoms with Gasteiger partial charge in [0.15, 0.2) is 5.78 Å². The molecule has 2 fully saturated rings. The van der Waals surface area contributed by atoms with Crippen LogP contribution in [0.15, 0.2) is 11.1 Å². The van der Waals surface area contributed by atoms with E-state index in [-0.39, 0.29) is 59.1 Å². The Labute approximate surface area is 215 Å². The number of hydrogen-bond acceptors (Lipinski definition) is 5. The smallest absolute Gasteiger partial charge is 0.306 e. The number of ketones is 2. The Morgan fingerprint density at radius 2 is 1.64 bits per heavy atom. The predicted octanol–water partition coefficient (Wildman–Crippen LogP) is 4.95. The van der Waals surface area contributed by atoms with Gasteiger partial charge in [-0.2, -0.15) is 0 Å². The molecule has 4 aliphatic rings. The second-order valence-corrected chi connectivity index (χ2v) is 14.0. The zero-order valence-corrected chi connectivity index (χ0v) is 23.2. The monoisotopic (exact) mass is 502 g/mol. The Bertz CT molecular complexity index is 995. The van der Waals surface area contributed by atoms with Crippen molar-refractivity contribution in [2.24, 2.45) is 45.3 Å². The summed E-state index contributed by atoms with van der Waals surface area (Å²) in [5.41, 5.74) is 0.474. The first-order valence-electron chi connectivity index (χ1n) is 13.9. The molecule has 0 aromatic rings. The van der Waals surface area contributed by atoms with Crippen molar-refractivity contribution in [3.63, 3.8) is 0 Å². The Morgan fingerprint density at radius 1 is 1.00 bits per heavy atom. The highest BCUT2D eigenvalue weighted by atomic mass is 16.4. The van der Waals surface area contributed by atoms with E-state index < -0.39 is 28.8 Å². The van der Waals surface area contributed by atoms with Gasteiger partial charge in [-0.15, -0.1) is 0 Å². The maximum absolute atomic E-state index is 14.1. The van der Waals surface area contributed by atoms with Crippen LogP contribution >= 0.6 is 0 Å². The molecule has 4 aliphatic carbocycles. The van der Waals surface area contributed by atoms with Crippen LogP contribution in [0.2, 0.25) is 0 Å². The number of carboxylic acid groups (broad SMARTS) is 1. The van der Waals surface area contributed by atoms with Crippen LogP contribution in [-0.4, -0.2) is 45.1 Å². The van der Waals surface area contributed by atoms with Crippen molar-refractivity contribution in [3.8, 4) is 0 Å². The third-order valence-corrected chi connectivity index (χ3v) is 11.8. The number of aliphatic hydroxyl groups is 2. The largest absolute Gasteiger partial charge is 0.481 e. The molecule has 4 rings (SSSR count). The molecule has 0 bridgehead atoms. The van der Waals surface area contributed by atoms with Gasteiger partial charge in [-0.05, 0) is 66.1 Å². The molecule has 9 atom stereocenters. The van der Waals surface area contributed by atoms with E-state index in [2.05, 4.69) is 34.6 Å². The summed E-state index contributed by atoms with van der Waals surface area (Å²) >= 11 is 0. The van der Waals surface area contributed by atoms with Crippen molar-refractivity contribution in [2.45, 2.75) is 112 Å². The fourth-order valence-electron chi connectivity index (χ4n) is 9.45. The molecule has 0 heterocycles. The third-order valence-electron chi connectivity index (χ3n) is 11.8. The van der Waals surface area contributed by atoms with Crippen LogP contribution in [0.3, 0.4) is 0 Å². The molecule has 2 saturated carbocycles.